The molecule has 1 N–H and O–H groups in total. The number of pyridine rings is 1. The van der Waals surface area contributed by atoms with Crippen LogP contribution in [0, 0.1) is 0 Å². The third-order valence-electron chi connectivity index (χ3n) is 3.72. The van der Waals surface area contributed by atoms with Gasteiger partial charge in [-0.15, -0.1) is 0 Å². The standard InChI is InChI=1S/C16H19NO2/c18-15(16-7-3-4-10-19-16)11-13-9-8-12-5-1-2-6-14(12)17-13/h1-2,5-6,8-9,15-16,18H,3-4,7,10-11H2. The first-order chi connectivity index (χ1) is 9.33. The summed E-state index contributed by atoms with van der Waals surface area (Å²) in [5.41, 5.74) is 1.91. The third-order valence-corrected chi connectivity index (χ3v) is 3.72. The smallest absolute Gasteiger partial charge is 0.0857 e. The molecule has 0 radical (unpaired) electrons. The molecule has 3 heteroatoms. The third kappa shape index (κ3) is 2.94. The van der Waals surface area contributed by atoms with Crippen LogP contribution in [0.4, 0.5) is 0 Å². The van der Waals surface area contributed by atoms with E-state index in [1.54, 1.807) is 0 Å². The molecule has 2 atom stereocenters. The average molecular weight is 257 g/mol. The summed E-state index contributed by atoms with van der Waals surface area (Å²) >= 11 is 0. The molecule has 1 fully saturated rings. The zero-order valence-electron chi connectivity index (χ0n) is 11.0. The minimum absolute atomic E-state index is 0.0259. The zero-order valence-corrected chi connectivity index (χ0v) is 11.0. The van der Waals surface area contributed by atoms with Crippen molar-refractivity contribution >= 4 is 10.9 Å². The topological polar surface area (TPSA) is 42.4 Å². The first kappa shape index (κ1) is 12.6. The molecule has 0 spiro atoms. The van der Waals surface area contributed by atoms with Crippen molar-refractivity contribution in [2.24, 2.45) is 0 Å². The van der Waals surface area contributed by atoms with E-state index in [-0.39, 0.29) is 6.10 Å². The molecule has 1 saturated heterocycles. The molecule has 1 aliphatic heterocycles. The molecule has 19 heavy (non-hydrogen) atoms. The van der Waals surface area contributed by atoms with E-state index in [0.717, 1.165) is 42.5 Å². The van der Waals surface area contributed by atoms with Crippen LogP contribution in [0.2, 0.25) is 0 Å². The molecular weight excluding hydrogens is 238 g/mol. The predicted octanol–water partition coefficient (Wildman–Crippen LogP) is 2.71. The predicted molar refractivity (Wildman–Crippen MR) is 75.0 cm³/mol. The van der Waals surface area contributed by atoms with Gasteiger partial charge in [0.1, 0.15) is 0 Å². The number of fused-ring (bicyclic) bond motifs is 1. The van der Waals surface area contributed by atoms with Crippen LogP contribution in [0.25, 0.3) is 10.9 Å². The Morgan fingerprint density at radius 3 is 2.95 bits per heavy atom. The molecule has 1 aliphatic rings. The van der Waals surface area contributed by atoms with E-state index in [4.69, 9.17) is 4.74 Å². The number of hydrogen-bond acceptors (Lipinski definition) is 3. The second-order valence-electron chi connectivity index (χ2n) is 5.17. The molecule has 0 aliphatic carbocycles. The normalized spacial score (nSPS) is 21.4. The monoisotopic (exact) mass is 257 g/mol. The maximum absolute atomic E-state index is 10.2. The Labute approximate surface area is 113 Å². The van der Waals surface area contributed by atoms with Gasteiger partial charge in [0.15, 0.2) is 0 Å². The first-order valence-corrected chi connectivity index (χ1v) is 6.97. The van der Waals surface area contributed by atoms with Crippen LogP contribution in [-0.4, -0.2) is 28.9 Å². The fourth-order valence-electron chi connectivity index (χ4n) is 2.64. The van der Waals surface area contributed by atoms with Gasteiger partial charge in [0.05, 0.1) is 17.7 Å². The molecule has 0 bridgehead atoms. The summed E-state index contributed by atoms with van der Waals surface area (Å²) < 4.78 is 5.62. The minimum Gasteiger partial charge on any atom is -0.390 e. The van der Waals surface area contributed by atoms with Crippen LogP contribution in [0.3, 0.4) is 0 Å². The molecule has 1 aromatic heterocycles. The Morgan fingerprint density at radius 1 is 1.21 bits per heavy atom. The molecule has 2 heterocycles. The van der Waals surface area contributed by atoms with E-state index in [0.29, 0.717) is 6.42 Å². The maximum atomic E-state index is 10.2. The summed E-state index contributed by atoms with van der Waals surface area (Å²) in [6, 6.07) is 12.1. The van der Waals surface area contributed by atoms with Crippen molar-refractivity contribution in [3.8, 4) is 0 Å². The van der Waals surface area contributed by atoms with E-state index in [1.165, 1.54) is 0 Å². The average Bonchev–Trinajstić information content (AvgIpc) is 2.48. The van der Waals surface area contributed by atoms with Crippen molar-refractivity contribution in [2.45, 2.75) is 37.9 Å². The van der Waals surface area contributed by atoms with Crippen LogP contribution in [0.15, 0.2) is 36.4 Å². The van der Waals surface area contributed by atoms with Crippen LogP contribution >= 0.6 is 0 Å². The Balaban J connectivity index is 1.73. The second-order valence-corrected chi connectivity index (χ2v) is 5.17. The lowest BCUT2D eigenvalue weighted by molar-refractivity contribution is -0.0614. The van der Waals surface area contributed by atoms with E-state index in [9.17, 15) is 5.11 Å². The summed E-state index contributed by atoms with van der Waals surface area (Å²) in [5.74, 6) is 0. The maximum Gasteiger partial charge on any atom is 0.0857 e. The van der Waals surface area contributed by atoms with Crippen molar-refractivity contribution in [3.05, 3.63) is 42.1 Å². The first-order valence-electron chi connectivity index (χ1n) is 6.97. The number of aliphatic hydroxyl groups is 1. The van der Waals surface area contributed by atoms with Gasteiger partial charge in [-0.25, -0.2) is 0 Å². The summed E-state index contributed by atoms with van der Waals surface area (Å²) in [6.07, 6.45) is 3.30. The molecule has 3 rings (SSSR count). The Bertz CT molecular complexity index is 549. The summed E-state index contributed by atoms with van der Waals surface area (Å²) in [7, 11) is 0. The van der Waals surface area contributed by atoms with Gasteiger partial charge in [-0.05, 0) is 31.4 Å². The molecule has 2 unspecified atom stereocenters. The number of ether oxygens (including phenoxy) is 1. The largest absolute Gasteiger partial charge is 0.390 e. The van der Waals surface area contributed by atoms with Crippen LogP contribution in [0.5, 0.6) is 0 Å². The number of aliphatic hydroxyl groups excluding tert-OH is 1. The van der Waals surface area contributed by atoms with Gasteiger partial charge in [-0.2, -0.15) is 0 Å². The van der Waals surface area contributed by atoms with Crippen molar-refractivity contribution < 1.29 is 9.84 Å². The highest BCUT2D eigenvalue weighted by molar-refractivity contribution is 5.78. The SMILES string of the molecule is OC(Cc1ccc2ccccc2n1)C1CCCCO1. The number of aromatic nitrogens is 1. The number of benzene rings is 1. The highest BCUT2D eigenvalue weighted by Crippen LogP contribution is 2.19. The Morgan fingerprint density at radius 2 is 2.11 bits per heavy atom. The van der Waals surface area contributed by atoms with Gasteiger partial charge < -0.3 is 9.84 Å². The minimum atomic E-state index is -0.450. The van der Waals surface area contributed by atoms with Crippen LogP contribution in [-0.2, 0) is 11.2 Å². The molecule has 2 aromatic rings. The fourth-order valence-corrected chi connectivity index (χ4v) is 2.64. The number of nitrogens with zero attached hydrogens (tertiary/aromatic N) is 1. The lowest BCUT2D eigenvalue weighted by Gasteiger charge is -2.26. The van der Waals surface area contributed by atoms with Gasteiger partial charge in [0, 0.05) is 24.1 Å². The van der Waals surface area contributed by atoms with Crippen molar-refractivity contribution in [1.29, 1.82) is 0 Å². The molecule has 3 nitrogen and oxygen atoms in total. The van der Waals surface area contributed by atoms with Gasteiger partial charge >= 0.3 is 0 Å². The Hall–Kier alpha value is -1.45. The quantitative estimate of drug-likeness (QED) is 0.919. The lowest BCUT2D eigenvalue weighted by atomic mass is 10.0. The number of hydrogen-bond donors (Lipinski definition) is 1. The highest BCUT2D eigenvalue weighted by atomic mass is 16.5. The van der Waals surface area contributed by atoms with E-state index >= 15 is 0 Å². The fraction of sp³-hybridized carbons (Fsp3) is 0.438. The molecular formula is C16H19NO2. The van der Waals surface area contributed by atoms with Crippen molar-refractivity contribution in [1.82, 2.24) is 4.98 Å². The molecule has 0 amide bonds. The Kier molecular flexibility index (Phi) is 3.76. The van der Waals surface area contributed by atoms with Gasteiger partial charge in [-0.3, -0.25) is 4.98 Å². The van der Waals surface area contributed by atoms with E-state index in [2.05, 4.69) is 11.1 Å². The summed E-state index contributed by atoms with van der Waals surface area (Å²) in [4.78, 5) is 4.59. The van der Waals surface area contributed by atoms with Crippen LogP contribution < -0.4 is 0 Å². The number of rotatable bonds is 3. The van der Waals surface area contributed by atoms with E-state index in [1.807, 2.05) is 30.3 Å². The van der Waals surface area contributed by atoms with Crippen molar-refractivity contribution in [2.75, 3.05) is 6.61 Å². The lowest BCUT2D eigenvalue weighted by Crippen LogP contribution is -2.33. The van der Waals surface area contributed by atoms with Gasteiger partial charge in [-0.1, -0.05) is 24.3 Å². The molecule has 1 aromatic carbocycles. The van der Waals surface area contributed by atoms with E-state index < -0.39 is 6.10 Å². The van der Waals surface area contributed by atoms with Gasteiger partial charge in [0.25, 0.3) is 0 Å². The number of para-hydroxylation sites is 1. The summed E-state index contributed by atoms with van der Waals surface area (Å²) in [6.45, 7) is 0.771. The summed E-state index contributed by atoms with van der Waals surface area (Å²) in [5, 5.41) is 11.4. The zero-order chi connectivity index (χ0) is 13.1. The van der Waals surface area contributed by atoms with Gasteiger partial charge in [0.2, 0.25) is 0 Å². The molecule has 0 saturated carbocycles. The second kappa shape index (κ2) is 5.68. The molecule has 100 valence electrons. The van der Waals surface area contributed by atoms with Crippen molar-refractivity contribution in [3.63, 3.8) is 0 Å². The van der Waals surface area contributed by atoms with Crippen LogP contribution in [0.1, 0.15) is 25.0 Å². The highest BCUT2D eigenvalue weighted by Gasteiger charge is 2.23.